The minimum absolute atomic E-state index is 0.0762. The van der Waals surface area contributed by atoms with Crippen LogP contribution in [-0.2, 0) is 6.54 Å². The Morgan fingerprint density at radius 1 is 1.19 bits per heavy atom. The summed E-state index contributed by atoms with van der Waals surface area (Å²) < 4.78 is 0. The molecule has 0 radical (unpaired) electrons. The van der Waals surface area contributed by atoms with E-state index in [1.807, 2.05) is 13.0 Å². The first-order chi connectivity index (χ1) is 7.39. The van der Waals surface area contributed by atoms with Crippen LogP contribution in [0, 0.1) is 0 Å². The van der Waals surface area contributed by atoms with Gasteiger partial charge in [0, 0.05) is 18.6 Å². The van der Waals surface area contributed by atoms with E-state index in [1.165, 1.54) is 5.56 Å². The van der Waals surface area contributed by atoms with Gasteiger partial charge >= 0.3 is 0 Å². The topological polar surface area (TPSA) is 23.5 Å². The Labute approximate surface area is 98.9 Å². The van der Waals surface area contributed by atoms with Crippen LogP contribution in [0.1, 0.15) is 33.3 Å². The van der Waals surface area contributed by atoms with Crippen molar-refractivity contribution >= 4 is 0 Å². The van der Waals surface area contributed by atoms with E-state index >= 15 is 0 Å². The number of aliphatic hydroxyl groups excluding tert-OH is 1. The average Bonchev–Trinajstić information content (AvgIpc) is 2.16. The first-order valence-corrected chi connectivity index (χ1v) is 5.86. The van der Waals surface area contributed by atoms with E-state index in [2.05, 4.69) is 49.9 Å². The van der Waals surface area contributed by atoms with Gasteiger partial charge in [-0.05, 0) is 33.3 Å². The molecule has 0 amide bonds. The lowest BCUT2D eigenvalue weighted by molar-refractivity contribution is 0.0611. The van der Waals surface area contributed by atoms with Gasteiger partial charge in [0.15, 0.2) is 0 Å². The second-order valence-electron chi connectivity index (χ2n) is 5.39. The Bertz CT molecular complexity index is 300. The molecule has 1 N–H and O–H groups in total. The molecule has 0 aliphatic heterocycles. The quantitative estimate of drug-likeness (QED) is 0.845. The molecule has 0 saturated heterocycles. The molecule has 1 aromatic rings. The maximum Gasteiger partial charge on any atom is 0.0639 e. The first-order valence-electron chi connectivity index (χ1n) is 5.86. The van der Waals surface area contributed by atoms with Crippen molar-refractivity contribution in [3.8, 4) is 0 Å². The predicted molar refractivity (Wildman–Crippen MR) is 68.3 cm³/mol. The zero-order valence-corrected chi connectivity index (χ0v) is 10.8. The lowest BCUT2D eigenvalue weighted by atomic mass is 10.0. The Balaban J connectivity index is 2.72. The molecule has 0 aliphatic rings. The molecule has 0 fully saturated rings. The number of nitrogens with zero attached hydrogens (tertiary/aromatic N) is 1. The molecule has 1 rings (SSSR count). The highest BCUT2D eigenvalue weighted by Crippen LogP contribution is 2.17. The van der Waals surface area contributed by atoms with Gasteiger partial charge in [-0.15, -0.1) is 0 Å². The van der Waals surface area contributed by atoms with E-state index in [1.54, 1.807) is 0 Å². The van der Waals surface area contributed by atoms with Crippen LogP contribution in [0.15, 0.2) is 30.3 Å². The Hall–Kier alpha value is -0.860. The van der Waals surface area contributed by atoms with E-state index in [9.17, 15) is 5.11 Å². The first kappa shape index (κ1) is 13.2. The number of β-amino-alcohol motifs (C(OH)–C–C–N with tert-alkyl or cyclic N) is 1. The summed E-state index contributed by atoms with van der Waals surface area (Å²) >= 11 is 0. The van der Waals surface area contributed by atoms with E-state index in [0.717, 1.165) is 6.54 Å². The van der Waals surface area contributed by atoms with Crippen molar-refractivity contribution in [3.05, 3.63) is 35.9 Å². The minimum Gasteiger partial charge on any atom is -0.392 e. The van der Waals surface area contributed by atoms with Gasteiger partial charge in [-0.2, -0.15) is 0 Å². The minimum atomic E-state index is -0.289. The fourth-order valence-electron chi connectivity index (χ4n) is 1.70. The largest absolute Gasteiger partial charge is 0.392 e. The van der Waals surface area contributed by atoms with E-state index < -0.39 is 0 Å². The standard InChI is InChI=1S/C14H23NO/c1-12(16)10-15(14(2,3)4)11-13-8-6-5-7-9-13/h5-9,12,16H,10-11H2,1-4H3. The van der Waals surface area contributed by atoms with E-state index in [4.69, 9.17) is 0 Å². The summed E-state index contributed by atoms with van der Waals surface area (Å²) in [5.74, 6) is 0. The maximum atomic E-state index is 9.52. The molecule has 16 heavy (non-hydrogen) atoms. The van der Waals surface area contributed by atoms with Gasteiger partial charge in [0.1, 0.15) is 0 Å². The highest BCUT2D eigenvalue weighted by Gasteiger charge is 2.22. The molecule has 2 nitrogen and oxygen atoms in total. The van der Waals surface area contributed by atoms with Gasteiger partial charge in [0.05, 0.1) is 6.10 Å². The van der Waals surface area contributed by atoms with Crippen molar-refractivity contribution < 1.29 is 5.11 Å². The molecule has 0 heterocycles. The van der Waals surface area contributed by atoms with E-state index in [-0.39, 0.29) is 11.6 Å². The molecule has 0 bridgehead atoms. The SMILES string of the molecule is CC(O)CN(Cc1ccccc1)C(C)(C)C. The van der Waals surface area contributed by atoms with Crippen LogP contribution < -0.4 is 0 Å². The molecule has 0 aromatic heterocycles. The fraction of sp³-hybridized carbons (Fsp3) is 0.571. The molecular formula is C14H23NO. The van der Waals surface area contributed by atoms with Gasteiger partial charge in [-0.1, -0.05) is 30.3 Å². The summed E-state index contributed by atoms with van der Waals surface area (Å²) in [6.45, 7) is 9.96. The molecule has 1 unspecified atom stereocenters. The number of aliphatic hydroxyl groups is 1. The molecule has 0 spiro atoms. The summed E-state index contributed by atoms with van der Waals surface area (Å²) in [6, 6.07) is 10.4. The molecule has 1 aromatic carbocycles. The normalized spacial score (nSPS) is 14.1. The molecular weight excluding hydrogens is 198 g/mol. The lowest BCUT2D eigenvalue weighted by Gasteiger charge is -2.36. The maximum absolute atomic E-state index is 9.52. The smallest absolute Gasteiger partial charge is 0.0639 e. The van der Waals surface area contributed by atoms with Crippen molar-refractivity contribution in [1.29, 1.82) is 0 Å². The van der Waals surface area contributed by atoms with Crippen LogP contribution in [0.25, 0.3) is 0 Å². The van der Waals surface area contributed by atoms with Gasteiger partial charge in [-0.3, -0.25) is 4.90 Å². The monoisotopic (exact) mass is 221 g/mol. The van der Waals surface area contributed by atoms with Gasteiger partial charge in [0.2, 0.25) is 0 Å². The summed E-state index contributed by atoms with van der Waals surface area (Å²) in [5.41, 5.74) is 1.37. The molecule has 1 atom stereocenters. The highest BCUT2D eigenvalue weighted by molar-refractivity contribution is 5.14. The number of benzene rings is 1. The third kappa shape index (κ3) is 4.33. The predicted octanol–water partition coefficient (Wildman–Crippen LogP) is 2.67. The van der Waals surface area contributed by atoms with Crippen molar-refractivity contribution in [3.63, 3.8) is 0 Å². The summed E-state index contributed by atoms with van der Waals surface area (Å²) in [7, 11) is 0. The Morgan fingerprint density at radius 3 is 2.19 bits per heavy atom. The van der Waals surface area contributed by atoms with Gasteiger partial charge < -0.3 is 5.11 Å². The van der Waals surface area contributed by atoms with Gasteiger partial charge in [-0.25, -0.2) is 0 Å². The third-order valence-corrected chi connectivity index (χ3v) is 2.65. The lowest BCUT2D eigenvalue weighted by Crippen LogP contribution is -2.44. The summed E-state index contributed by atoms with van der Waals surface area (Å²) in [5, 5.41) is 9.52. The number of hydrogen-bond acceptors (Lipinski definition) is 2. The van der Waals surface area contributed by atoms with Crippen LogP contribution in [0.5, 0.6) is 0 Å². The molecule has 90 valence electrons. The summed E-state index contributed by atoms with van der Waals surface area (Å²) in [6.07, 6.45) is -0.289. The van der Waals surface area contributed by atoms with Crippen LogP contribution in [0.2, 0.25) is 0 Å². The van der Waals surface area contributed by atoms with Crippen LogP contribution >= 0.6 is 0 Å². The van der Waals surface area contributed by atoms with Gasteiger partial charge in [0.25, 0.3) is 0 Å². The Morgan fingerprint density at radius 2 is 1.75 bits per heavy atom. The second-order valence-corrected chi connectivity index (χ2v) is 5.39. The Kier molecular flexibility index (Phi) is 4.51. The summed E-state index contributed by atoms with van der Waals surface area (Å²) in [4.78, 5) is 2.30. The highest BCUT2D eigenvalue weighted by atomic mass is 16.3. The van der Waals surface area contributed by atoms with Crippen LogP contribution in [0.4, 0.5) is 0 Å². The van der Waals surface area contributed by atoms with Crippen molar-refractivity contribution in [2.45, 2.75) is 45.9 Å². The second kappa shape index (κ2) is 5.46. The fourth-order valence-corrected chi connectivity index (χ4v) is 1.70. The van der Waals surface area contributed by atoms with Crippen LogP contribution in [-0.4, -0.2) is 28.2 Å². The number of hydrogen-bond donors (Lipinski definition) is 1. The van der Waals surface area contributed by atoms with Crippen molar-refractivity contribution in [1.82, 2.24) is 4.90 Å². The number of rotatable bonds is 4. The molecule has 0 saturated carbocycles. The average molecular weight is 221 g/mol. The molecule has 2 heteroatoms. The van der Waals surface area contributed by atoms with Crippen LogP contribution in [0.3, 0.4) is 0 Å². The van der Waals surface area contributed by atoms with Crippen molar-refractivity contribution in [2.24, 2.45) is 0 Å². The third-order valence-electron chi connectivity index (χ3n) is 2.65. The zero-order valence-electron chi connectivity index (χ0n) is 10.8. The zero-order chi connectivity index (χ0) is 12.2. The molecule has 0 aliphatic carbocycles. The van der Waals surface area contributed by atoms with E-state index in [0.29, 0.717) is 6.54 Å². The van der Waals surface area contributed by atoms with Crippen molar-refractivity contribution in [2.75, 3.05) is 6.54 Å².